The average Bonchev–Trinajstić information content (AvgIpc) is 2.09. The lowest BCUT2D eigenvalue weighted by atomic mass is 10.3. The Bertz CT molecular complexity index is 265. The molecule has 0 atom stereocenters. The number of hydrogen-bond acceptors (Lipinski definition) is 4. The molecule has 0 amide bonds. The summed E-state index contributed by atoms with van der Waals surface area (Å²) in [6.07, 6.45) is 0. The molecule has 0 radical (unpaired) electrons. The molecule has 0 bridgehead atoms. The van der Waals surface area contributed by atoms with Gasteiger partial charge in [0.05, 0.1) is 11.4 Å². The Kier molecular flexibility index (Phi) is 5.65. The van der Waals surface area contributed by atoms with Gasteiger partial charge in [0.1, 0.15) is 0 Å². The maximum Gasteiger partial charge on any atom is 0.184 e. The summed E-state index contributed by atoms with van der Waals surface area (Å²) in [6, 6.07) is 0. The standard InChI is InChI=1S/C6H12N6S2/c1-3(9-11-5(7)13)4(2)10-12-6(8)14/h1-2H3,(H3,7,11,13)(H3,8,12,14)/b9-3-,10-4+. The van der Waals surface area contributed by atoms with Crippen molar-refractivity contribution in [3.63, 3.8) is 0 Å². The van der Waals surface area contributed by atoms with E-state index in [0.717, 1.165) is 0 Å². The molecule has 0 aromatic heterocycles. The Labute approximate surface area is 92.8 Å². The first-order chi connectivity index (χ1) is 6.43. The molecule has 14 heavy (non-hydrogen) atoms. The van der Waals surface area contributed by atoms with Crippen molar-refractivity contribution < 1.29 is 0 Å². The van der Waals surface area contributed by atoms with Crippen LogP contribution in [0.25, 0.3) is 0 Å². The van der Waals surface area contributed by atoms with E-state index in [1.54, 1.807) is 13.8 Å². The second-order valence-electron chi connectivity index (χ2n) is 2.35. The maximum atomic E-state index is 5.18. The largest absolute Gasteiger partial charge is 0.375 e. The fraction of sp³-hybridized carbons (Fsp3) is 0.333. The molecular weight excluding hydrogens is 220 g/mol. The van der Waals surface area contributed by atoms with Crippen molar-refractivity contribution in [1.29, 1.82) is 0 Å². The fourth-order valence-corrected chi connectivity index (χ4v) is 0.531. The zero-order valence-electron chi connectivity index (χ0n) is 7.87. The van der Waals surface area contributed by atoms with Gasteiger partial charge in [-0.3, -0.25) is 10.9 Å². The number of nitrogens with zero attached hydrogens (tertiary/aromatic N) is 2. The molecule has 6 N–H and O–H groups in total. The van der Waals surface area contributed by atoms with Gasteiger partial charge in [-0.25, -0.2) is 0 Å². The summed E-state index contributed by atoms with van der Waals surface area (Å²) >= 11 is 9.14. The first-order valence-electron chi connectivity index (χ1n) is 3.63. The smallest absolute Gasteiger partial charge is 0.184 e. The number of nitrogens with two attached hydrogens (primary N) is 2. The Morgan fingerprint density at radius 2 is 1.21 bits per heavy atom. The Morgan fingerprint density at radius 3 is 1.43 bits per heavy atom. The van der Waals surface area contributed by atoms with Crippen LogP contribution in [0.15, 0.2) is 10.2 Å². The van der Waals surface area contributed by atoms with Crippen molar-refractivity contribution in [2.24, 2.45) is 21.7 Å². The summed E-state index contributed by atoms with van der Waals surface area (Å²) in [7, 11) is 0. The molecule has 0 aromatic rings. The second kappa shape index (κ2) is 6.22. The van der Waals surface area contributed by atoms with Crippen molar-refractivity contribution in [2.45, 2.75) is 13.8 Å². The summed E-state index contributed by atoms with van der Waals surface area (Å²) in [5, 5.41) is 7.89. The normalized spacial score (nSPS) is 12.1. The zero-order valence-corrected chi connectivity index (χ0v) is 9.50. The molecule has 0 spiro atoms. The van der Waals surface area contributed by atoms with Crippen LogP contribution in [0.3, 0.4) is 0 Å². The lowest BCUT2D eigenvalue weighted by Gasteiger charge is -2.01. The monoisotopic (exact) mass is 232 g/mol. The third-order valence-electron chi connectivity index (χ3n) is 1.19. The van der Waals surface area contributed by atoms with Crippen molar-refractivity contribution in [3.8, 4) is 0 Å². The molecular formula is C6H12N6S2. The van der Waals surface area contributed by atoms with Gasteiger partial charge in [-0.05, 0) is 38.3 Å². The van der Waals surface area contributed by atoms with Gasteiger partial charge >= 0.3 is 0 Å². The van der Waals surface area contributed by atoms with Crippen molar-refractivity contribution in [3.05, 3.63) is 0 Å². The Hall–Kier alpha value is -1.28. The maximum absolute atomic E-state index is 5.18. The van der Waals surface area contributed by atoms with E-state index in [9.17, 15) is 0 Å². The molecule has 8 heteroatoms. The molecule has 0 heterocycles. The molecule has 6 nitrogen and oxygen atoms in total. The molecule has 78 valence electrons. The summed E-state index contributed by atoms with van der Waals surface area (Å²) in [5.41, 5.74) is 16.5. The molecule has 0 aliphatic carbocycles. The summed E-state index contributed by atoms with van der Waals surface area (Å²) in [5.74, 6) is 0. The minimum absolute atomic E-state index is 0.0967. The number of hydrogen-bond donors (Lipinski definition) is 4. The fourth-order valence-electron chi connectivity index (χ4n) is 0.440. The predicted octanol–water partition coefficient (Wildman–Crippen LogP) is -0.595. The molecule has 0 rings (SSSR count). The van der Waals surface area contributed by atoms with Crippen molar-refractivity contribution in [2.75, 3.05) is 0 Å². The Balaban J connectivity index is 4.29. The molecule has 0 saturated carbocycles. The molecule has 0 aliphatic rings. The van der Waals surface area contributed by atoms with E-state index >= 15 is 0 Å². The number of thiocarbonyl (C=S) groups is 2. The van der Waals surface area contributed by atoms with E-state index in [0.29, 0.717) is 11.4 Å². The average molecular weight is 232 g/mol. The SMILES string of the molecule is CC(=N/NC(N)=S)/C(C)=N/NC(N)=S. The third kappa shape index (κ3) is 6.26. The van der Waals surface area contributed by atoms with Gasteiger partial charge in [-0.1, -0.05) is 0 Å². The van der Waals surface area contributed by atoms with E-state index in [2.05, 4.69) is 45.5 Å². The van der Waals surface area contributed by atoms with Gasteiger partial charge in [-0.2, -0.15) is 10.2 Å². The molecule has 0 unspecified atom stereocenters. The first kappa shape index (κ1) is 12.7. The minimum Gasteiger partial charge on any atom is -0.375 e. The third-order valence-corrected chi connectivity index (χ3v) is 1.37. The van der Waals surface area contributed by atoms with Crippen LogP contribution >= 0.6 is 24.4 Å². The summed E-state index contributed by atoms with van der Waals surface area (Å²) in [4.78, 5) is 0. The van der Waals surface area contributed by atoms with Gasteiger partial charge in [0.15, 0.2) is 10.2 Å². The number of nitrogens with one attached hydrogen (secondary N) is 2. The summed E-state index contributed by atoms with van der Waals surface area (Å²) in [6.45, 7) is 3.48. The predicted molar refractivity (Wildman–Crippen MR) is 66.1 cm³/mol. The topological polar surface area (TPSA) is 101 Å². The van der Waals surface area contributed by atoms with Crippen LogP contribution in [0.4, 0.5) is 0 Å². The van der Waals surface area contributed by atoms with Crippen molar-refractivity contribution >= 4 is 46.1 Å². The van der Waals surface area contributed by atoms with Crippen LogP contribution in [0, 0.1) is 0 Å². The molecule has 0 saturated heterocycles. The molecule has 0 aromatic carbocycles. The van der Waals surface area contributed by atoms with Gasteiger partial charge in [0.2, 0.25) is 0 Å². The minimum atomic E-state index is 0.0967. The van der Waals surface area contributed by atoms with Crippen molar-refractivity contribution in [1.82, 2.24) is 10.9 Å². The van der Waals surface area contributed by atoms with E-state index in [1.807, 2.05) is 0 Å². The molecule has 0 aliphatic heterocycles. The van der Waals surface area contributed by atoms with E-state index in [-0.39, 0.29) is 10.2 Å². The highest BCUT2D eigenvalue weighted by Crippen LogP contribution is 1.81. The van der Waals surface area contributed by atoms with Crippen LogP contribution in [-0.2, 0) is 0 Å². The van der Waals surface area contributed by atoms with E-state index in [4.69, 9.17) is 11.5 Å². The molecule has 0 fully saturated rings. The van der Waals surface area contributed by atoms with Crippen LogP contribution in [0.2, 0.25) is 0 Å². The highest BCUT2D eigenvalue weighted by atomic mass is 32.1. The van der Waals surface area contributed by atoms with Crippen LogP contribution in [0.1, 0.15) is 13.8 Å². The van der Waals surface area contributed by atoms with Gasteiger partial charge < -0.3 is 11.5 Å². The first-order valence-corrected chi connectivity index (χ1v) is 4.45. The Morgan fingerprint density at radius 1 is 0.929 bits per heavy atom. The highest BCUT2D eigenvalue weighted by molar-refractivity contribution is 7.80. The van der Waals surface area contributed by atoms with Gasteiger partial charge in [0.25, 0.3) is 0 Å². The summed E-state index contributed by atoms with van der Waals surface area (Å²) < 4.78 is 0. The van der Waals surface area contributed by atoms with Crippen LogP contribution in [-0.4, -0.2) is 21.6 Å². The number of rotatable bonds is 3. The lowest BCUT2D eigenvalue weighted by molar-refractivity contribution is 1.02. The second-order valence-corrected chi connectivity index (χ2v) is 3.23. The van der Waals surface area contributed by atoms with Crippen LogP contribution in [0.5, 0.6) is 0 Å². The van der Waals surface area contributed by atoms with E-state index in [1.165, 1.54) is 0 Å². The van der Waals surface area contributed by atoms with E-state index < -0.39 is 0 Å². The lowest BCUT2D eigenvalue weighted by Crippen LogP contribution is -2.28. The quantitative estimate of drug-likeness (QED) is 0.295. The van der Waals surface area contributed by atoms with Crippen LogP contribution < -0.4 is 22.3 Å². The number of hydrazone groups is 2. The van der Waals surface area contributed by atoms with Gasteiger partial charge in [0, 0.05) is 0 Å². The van der Waals surface area contributed by atoms with Gasteiger partial charge in [-0.15, -0.1) is 0 Å². The zero-order chi connectivity index (χ0) is 11.1. The highest BCUT2D eigenvalue weighted by Gasteiger charge is 1.96.